The van der Waals surface area contributed by atoms with Crippen LogP contribution in [-0.2, 0) is 13.0 Å². The van der Waals surface area contributed by atoms with Crippen molar-refractivity contribution in [3.63, 3.8) is 0 Å². The van der Waals surface area contributed by atoms with E-state index >= 15 is 8.78 Å². The molecule has 5 rings (SSSR count). The number of hydrogen-bond acceptors (Lipinski definition) is 6. The predicted molar refractivity (Wildman–Crippen MR) is 140 cm³/mol. The average Bonchev–Trinajstić information content (AvgIpc) is 3.48. The van der Waals surface area contributed by atoms with Gasteiger partial charge in [0.2, 0.25) is 0 Å². The van der Waals surface area contributed by atoms with E-state index in [1.54, 1.807) is 17.0 Å². The smallest absolute Gasteiger partial charge is 0.327 e. The Morgan fingerprint density at radius 2 is 1.89 bits per heavy atom. The van der Waals surface area contributed by atoms with E-state index in [4.69, 9.17) is 0 Å². The number of nitrogens with zero attached hydrogens (tertiary/aromatic N) is 4. The molecule has 2 N–H and O–H groups in total. The number of halogens is 3. The van der Waals surface area contributed by atoms with Crippen molar-refractivity contribution < 1.29 is 8.78 Å². The van der Waals surface area contributed by atoms with Crippen LogP contribution in [0.1, 0.15) is 25.8 Å². The molecule has 1 unspecified atom stereocenters. The number of fused-ring (bicyclic) bond motifs is 2. The number of alkyl halides is 2. The Kier molecular flexibility index (Phi) is 6.59. The Balaban J connectivity index is 1.63. The highest BCUT2D eigenvalue weighted by atomic mass is 79.9. The van der Waals surface area contributed by atoms with Crippen LogP contribution in [-0.4, -0.2) is 59.5 Å². The van der Waals surface area contributed by atoms with Gasteiger partial charge in [-0.2, -0.15) is 8.78 Å². The van der Waals surface area contributed by atoms with Gasteiger partial charge >= 0.3 is 5.69 Å². The van der Waals surface area contributed by atoms with Crippen LogP contribution in [0.2, 0.25) is 0 Å². The summed E-state index contributed by atoms with van der Waals surface area (Å²) in [6.45, 7) is 5.97. The first-order chi connectivity index (χ1) is 17.1. The number of rotatable bonds is 6. The first kappa shape index (κ1) is 25.2. The summed E-state index contributed by atoms with van der Waals surface area (Å²) >= 11 is 3.31. The molecule has 36 heavy (non-hydrogen) atoms. The standard InChI is InChI=1S/C25H31BrF2N6O2/c1-15(2)9-11-33-20-21(35)30-23(36)31(3)22(20)34(14-25(27,28)17-4-6-18(26)7-5-17)24(33)32-12-16-8-10-29-19(16)13-32/h4-7,9,16,19,24,29H,8,10-14H2,1-3H3,(H,30,35,36)/t16-,19+,24?/m0/s1. The van der Waals surface area contributed by atoms with Gasteiger partial charge < -0.3 is 15.1 Å². The quantitative estimate of drug-likeness (QED) is 0.525. The topological polar surface area (TPSA) is 76.6 Å². The van der Waals surface area contributed by atoms with Gasteiger partial charge in [0.15, 0.2) is 6.29 Å². The molecule has 0 radical (unpaired) electrons. The van der Waals surface area contributed by atoms with Crippen LogP contribution in [0, 0.1) is 5.92 Å². The lowest BCUT2D eigenvalue weighted by atomic mass is 10.1. The van der Waals surface area contributed by atoms with Gasteiger partial charge in [-0.05, 0) is 44.9 Å². The fraction of sp³-hybridized carbons (Fsp3) is 0.520. The van der Waals surface area contributed by atoms with Crippen LogP contribution in [0.15, 0.2) is 50.0 Å². The molecule has 4 heterocycles. The second-order valence-electron chi connectivity index (χ2n) is 10.2. The summed E-state index contributed by atoms with van der Waals surface area (Å²) in [4.78, 5) is 33.7. The lowest BCUT2D eigenvalue weighted by Crippen LogP contribution is -2.57. The molecule has 0 aliphatic carbocycles. The maximum Gasteiger partial charge on any atom is 0.329 e. The maximum absolute atomic E-state index is 15.8. The van der Waals surface area contributed by atoms with Gasteiger partial charge in [-0.15, -0.1) is 0 Å². The second kappa shape index (κ2) is 9.42. The highest BCUT2D eigenvalue weighted by Crippen LogP contribution is 2.42. The third-order valence-corrected chi connectivity index (χ3v) is 7.96. The van der Waals surface area contributed by atoms with Gasteiger partial charge in [0, 0.05) is 42.8 Å². The first-order valence-electron chi connectivity index (χ1n) is 12.2. The van der Waals surface area contributed by atoms with Crippen LogP contribution < -0.4 is 26.4 Å². The van der Waals surface area contributed by atoms with E-state index in [1.165, 1.54) is 23.7 Å². The highest BCUT2D eigenvalue weighted by Gasteiger charge is 2.50. The van der Waals surface area contributed by atoms with Crippen molar-refractivity contribution in [3.8, 4) is 0 Å². The van der Waals surface area contributed by atoms with Gasteiger partial charge in [0.25, 0.3) is 11.5 Å². The SMILES string of the molecule is CC(C)=CCN1c2c(n(C)c(=O)[nH]c2=O)N(CC(F)(F)c2ccc(Br)cc2)C1N1C[C@@H]2CCN[C@@H]2C1. The Morgan fingerprint density at radius 3 is 2.56 bits per heavy atom. The van der Waals surface area contributed by atoms with E-state index in [0.717, 1.165) is 25.1 Å². The number of hydrogen-bond donors (Lipinski definition) is 2. The van der Waals surface area contributed by atoms with Crippen molar-refractivity contribution in [2.75, 3.05) is 42.5 Å². The van der Waals surface area contributed by atoms with Gasteiger partial charge in [-0.25, -0.2) is 4.79 Å². The number of allylic oxidation sites excluding steroid dienone is 1. The normalized spacial score (nSPS) is 23.8. The first-order valence-corrected chi connectivity index (χ1v) is 13.0. The molecule has 3 aliphatic heterocycles. The Labute approximate surface area is 216 Å². The van der Waals surface area contributed by atoms with E-state index in [1.807, 2.05) is 24.8 Å². The van der Waals surface area contributed by atoms with Crippen molar-refractivity contribution >= 4 is 27.4 Å². The zero-order valence-corrected chi connectivity index (χ0v) is 22.2. The molecule has 8 nitrogen and oxygen atoms in total. The van der Waals surface area contributed by atoms with Crippen molar-refractivity contribution in [2.45, 2.75) is 38.5 Å². The summed E-state index contributed by atoms with van der Waals surface area (Å²) in [5, 5.41) is 3.52. The lowest BCUT2D eigenvalue weighted by Gasteiger charge is -2.40. The fourth-order valence-corrected chi connectivity index (χ4v) is 5.93. The number of H-pyrrole nitrogens is 1. The molecular weight excluding hydrogens is 534 g/mol. The van der Waals surface area contributed by atoms with E-state index in [2.05, 4.69) is 31.1 Å². The largest absolute Gasteiger partial charge is 0.329 e. The molecule has 1 aromatic carbocycles. The molecule has 0 spiro atoms. The number of aromatic nitrogens is 2. The third-order valence-electron chi connectivity index (χ3n) is 7.44. The van der Waals surface area contributed by atoms with Gasteiger partial charge in [-0.3, -0.25) is 19.2 Å². The Bertz CT molecular complexity index is 1270. The average molecular weight is 565 g/mol. The summed E-state index contributed by atoms with van der Waals surface area (Å²) < 4.78 is 33.6. The van der Waals surface area contributed by atoms with Gasteiger partial charge in [-0.1, -0.05) is 39.7 Å². The minimum Gasteiger partial charge on any atom is -0.327 e. The Morgan fingerprint density at radius 1 is 1.17 bits per heavy atom. The minimum atomic E-state index is -3.23. The maximum atomic E-state index is 15.8. The fourth-order valence-electron chi connectivity index (χ4n) is 5.66. The molecule has 3 aliphatic rings. The van der Waals surface area contributed by atoms with Crippen molar-refractivity contribution in [2.24, 2.45) is 13.0 Å². The van der Waals surface area contributed by atoms with Crippen molar-refractivity contribution in [1.29, 1.82) is 0 Å². The molecular formula is C25H31BrF2N6O2. The van der Waals surface area contributed by atoms with E-state index < -0.39 is 30.0 Å². The summed E-state index contributed by atoms with van der Waals surface area (Å²) in [6, 6.07) is 6.27. The second-order valence-corrected chi connectivity index (χ2v) is 11.1. The van der Waals surface area contributed by atoms with Gasteiger partial charge in [0.05, 0.1) is 6.54 Å². The summed E-state index contributed by atoms with van der Waals surface area (Å²) in [6.07, 6.45) is 2.38. The lowest BCUT2D eigenvalue weighted by molar-refractivity contribution is -0.00159. The van der Waals surface area contributed by atoms with E-state index in [-0.39, 0.29) is 23.1 Å². The van der Waals surface area contributed by atoms with Crippen LogP contribution in [0.5, 0.6) is 0 Å². The summed E-state index contributed by atoms with van der Waals surface area (Å²) in [7, 11) is 1.52. The van der Waals surface area contributed by atoms with Crippen LogP contribution in [0.3, 0.4) is 0 Å². The monoisotopic (exact) mass is 564 g/mol. The number of likely N-dealkylation sites (tertiary alicyclic amines) is 1. The van der Waals surface area contributed by atoms with Crippen LogP contribution in [0.4, 0.5) is 20.3 Å². The highest BCUT2D eigenvalue weighted by molar-refractivity contribution is 9.10. The zero-order valence-electron chi connectivity index (χ0n) is 20.6. The van der Waals surface area contributed by atoms with Crippen LogP contribution >= 0.6 is 15.9 Å². The molecule has 0 amide bonds. The third kappa shape index (κ3) is 4.41. The number of benzene rings is 1. The molecule has 3 atom stereocenters. The minimum absolute atomic E-state index is 0.122. The molecule has 0 bridgehead atoms. The zero-order chi connectivity index (χ0) is 25.8. The summed E-state index contributed by atoms with van der Waals surface area (Å²) in [5.41, 5.74) is -0.0133. The molecule has 1 aromatic heterocycles. The number of aromatic amines is 1. The van der Waals surface area contributed by atoms with Crippen LogP contribution in [0.25, 0.3) is 0 Å². The molecule has 2 aromatic rings. The van der Waals surface area contributed by atoms with Crippen molar-refractivity contribution in [1.82, 2.24) is 19.8 Å². The molecule has 2 fully saturated rings. The number of nitrogens with one attached hydrogen (secondary N) is 2. The van der Waals surface area contributed by atoms with Crippen molar-refractivity contribution in [3.05, 3.63) is 66.8 Å². The summed E-state index contributed by atoms with van der Waals surface area (Å²) in [5.74, 6) is -2.58. The van der Waals surface area contributed by atoms with E-state index in [9.17, 15) is 9.59 Å². The predicted octanol–water partition coefficient (Wildman–Crippen LogP) is 2.80. The number of anilines is 2. The van der Waals surface area contributed by atoms with Gasteiger partial charge in [0.1, 0.15) is 11.5 Å². The molecule has 11 heteroatoms. The molecule has 0 saturated carbocycles. The molecule has 194 valence electrons. The van der Waals surface area contributed by atoms with E-state index in [0.29, 0.717) is 23.5 Å². The Hall–Kier alpha value is -2.50. The molecule has 2 saturated heterocycles.